The van der Waals surface area contributed by atoms with E-state index in [1.165, 1.54) is 119 Å². The first-order chi connectivity index (χ1) is 26.5. The zero-order valence-electron chi connectivity index (χ0n) is 30.1. The van der Waals surface area contributed by atoms with Crippen LogP contribution in [0.2, 0.25) is 0 Å². The SMILES string of the molecule is CC1(C)c2ccccc2-c2ccc(-c3c4ccccc4c(-c4ccc5c(c4)c4ccccc4c4cc6c(cc54)sc4ccccc46)c4ccccc34)cc21. The molecule has 0 atom stereocenters. The van der Waals surface area contributed by atoms with Gasteiger partial charge in [0.05, 0.1) is 0 Å². The van der Waals surface area contributed by atoms with Gasteiger partial charge in [0, 0.05) is 25.6 Å². The van der Waals surface area contributed by atoms with Gasteiger partial charge in [-0.15, -0.1) is 11.3 Å². The third-order valence-corrected chi connectivity index (χ3v) is 13.6. The molecule has 0 radical (unpaired) electrons. The highest BCUT2D eigenvalue weighted by molar-refractivity contribution is 7.25. The van der Waals surface area contributed by atoms with Gasteiger partial charge in [0.15, 0.2) is 0 Å². The fourth-order valence-electron chi connectivity index (χ4n) is 9.94. The summed E-state index contributed by atoms with van der Waals surface area (Å²) in [6.45, 7) is 4.75. The fourth-order valence-corrected chi connectivity index (χ4v) is 11.1. The van der Waals surface area contributed by atoms with Crippen LogP contribution in [0, 0.1) is 0 Å². The van der Waals surface area contributed by atoms with Crippen LogP contribution in [0.5, 0.6) is 0 Å². The van der Waals surface area contributed by atoms with Crippen LogP contribution < -0.4 is 0 Å². The van der Waals surface area contributed by atoms with Crippen molar-refractivity contribution in [1.29, 1.82) is 0 Å². The van der Waals surface area contributed by atoms with Crippen LogP contribution in [-0.2, 0) is 5.41 Å². The lowest BCUT2D eigenvalue weighted by molar-refractivity contribution is 0.660. The molecule has 12 rings (SSSR count). The maximum Gasteiger partial charge on any atom is 0.0362 e. The van der Waals surface area contributed by atoms with Crippen LogP contribution in [0.15, 0.2) is 170 Å². The third kappa shape index (κ3) is 4.03. The zero-order chi connectivity index (χ0) is 35.7. The Morgan fingerprint density at radius 2 is 0.796 bits per heavy atom. The van der Waals surface area contributed by atoms with E-state index < -0.39 is 0 Å². The minimum Gasteiger partial charge on any atom is -0.135 e. The first-order valence-corrected chi connectivity index (χ1v) is 19.7. The second-order valence-electron chi connectivity index (χ2n) is 15.6. The van der Waals surface area contributed by atoms with Crippen LogP contribution >= 0.6 is 11.3 Å². The van der Waals surface area contributed by atoms with Gasteiger partial charge >= 0.3 is 0 Å². The molecule has 0 bridgehead atoms. The van der Waals surface area contributed by atoms with Crippen molar-refractivity contribution in [2.45, 2.75) is 19.3 Å². The summed E-state index contributed by atoms with van der Waals surface area (Å²) >= 11 is 1.90. The van der Waals surface area contributed by atoms with Crippen LogP contribution in [0.1, 0.15) is 25.0 Å². The minimum atomic E-state index is -0.0612. The van der Waals surface area contributed by atoms with Crippen molar-refractivity contribution < 1.29 is 0 Å². The van der Waals surface area contributed by atoms with Gasteiger partial charge in [-0.2, -0.15) is 0 Å². The van der Waals surface area contributed by atoms with Crippen LogP contribution in [-0.4, -0.2) is 0 Å². The lowest BCUT2D eigenvalue weighted by Gasteiger charge is -2.23. The van der Waals surface area contributed by atoms with E-state index in [0.29, 0.717) is 0 Å². The molecule has 252 valence electrons. The Bertz CT molecular complexity index is 3350. The summed E-state index contributed by atoms with van der Waals surface area (Å²) in [5.74, 6) is 0. The quantitative estimate of drug-likeness (QED) is 0.124. The first-order valence-electron chi connectivity index (χ1n) is 18.9. The fraction of sp³-hybridized carbons (Fsp3) is 0.0566. The van der Waals surface area contributed by atoms with Gasteiger partial charge in [0.25, 0.3) is 0 Å². The molecule has 1 aliphatic carbocycles. The molecule has 0 saturated heterocycles. The second-order valence-corrected chi connectivity index (χ2v) is 16.7. The molecule has 1 heteroatoms. The first kappa shape index (κ1) is 30.2. The molecular formula is C53H34S. The molecule has 10 aromatic carbocycles. The highest BCUT2D eigenvalue weighted by Crippen LogP contribution is 2.52. The predicted molar refractivity (Wildman–Crippen MR) is 235 cm³/mol. The smallest absolute Gasteiger partial charge is 0.0362 e. The monoisotopic (exact) mass is 702 g/mol. The van der Waals surface area contributed by atoms with Crippen LogP contribution in [0.3, 0.4) is 0 Å². The van der Waals surface area contributed by atoms with Crippen molar-refractivity contribution in [3.8, 4) is 33.4 Å². The Hall–Kier alpha value is -6.28. The summed E-state index contributed by atoms with van der Waals surface area (Å²) < 4.78 is 2.69. The molecule has 0 saturated carbocycles. The molecule has 1 aliphatic rings. The summed E-state index contributed by atoms with van der Waals surface area (Å²) in [7, 11) is 0. The summed E-state index contributed by atoms with van der Waals surface area (Å²) in [6.07, 6.45) is 0. The van der Waals surface area contributed by atoms with Gasteiger partial charge in [0.1, 0.15) is 0 Å². The molecule has 1 aromatic heterocycles. The largest absolute Gasteiger partial charge is 0.135 e. The van der Waals surface area contributed by atoms with Crippen LogP contribution in [0.4, 0.5) is 0 Å². The Kier molecular flexibility index (Phi) is 6.09. The highest BCUT2D eigenvalue weighted by Gasteiger charge is 2.35. The second kappa shape index (κ2) is 10.9. The van der Waals surface area contributed by atoms with Crippen LogP contribution in [0.25, 0.3) is 107 Å². The molecule has 54 heavy (non-hydrogen) atoms. The molecule has 0 unspecified atom stereocenters. The van der Waals surface area contributed by atoms with Crippen molar-refractivity contribution in [1.82, 2.24) is 0 Å². The van der Waals surface area contributed by atoms with Crippen molar-refractivity contribution in [2.75, 3.05) is 0 Å². The normalized spacial score (nSPS) is 13.5. The molecule has 0 amide bonds. The molecule has 0 nitrogen and oxygen atoms in total. The van der Waals surface area contributed by atoms with Gasteiger partial charge in [-0.25, -0.2) is 0 Å². The molecule has 0 aliphatic heterocycles. The number of fused-ring (bicyclic) bond motifs is 14. The minimum absolute atomic E-state index is 0.0612. The maximum absolute atomic E-state index is 2.48. The predicted octanol–water partition coefficient (Wildman–Crippen LogP) is 15.5. The summed E-state index contributed by atoms with van der Waals surface area (Å²) in [6, 6.07) is 64.1. The lowest BCUT2D eigenvalue weighted by Crippen LogP contribution is -2.14. The van der Waals surface area contributed by atoms with Gasteiger partial charge in [-0.3, -0.25) is 0 Å². The third-order valence-electron chi connectivity index (χ3n) is 12.4. The van der Waals surface area contributed by atoms with E-state index in [-0.39, 0.29) is 5.41 Å². The average molecular weight is 703 g/mol. The Morgan fingerprint density at radius 3 is 1.48 bits per heavy atom. The van der Waals surface area contributed by atoms with E-state index in [1.54, 1.807) is 0 Å². The zero-order valence-corrected chi connectivity index (χ0v) is 30.9. The molecule has 1 heterocycles. The number of rotatable bonds is 2. The maximum atomic E-state index is 2.48. The number of hydrogen-bond acceptors (Lipinski definition) is 1. The van der Waals surface area contributed by atoms with Crippen molar-refractivity contribution in [3.63, 3.8) is 0 Å². The molecular weight excluding hydrogens is 669 g/mol. The van der Waals surface area contributed by atoms with E-state index in [2.05, 4.69) is 184 Å². The van der Waals surface area contributed by atoms with E-state index in [9.17, 15) is 0 Å². The van der Waals surface area contributed by atoms with Crippen molar-refractivity contribution in [2.24, 2.45) is 0 Å². The van der Waals surface area contributed by atoms with Gasteiger partial charge in [-0.05, 0) is 129 Å². The lowest BCUT2D eigenvalue weighted by atomic mass is 9.80. The van der Waals surface area contributed by atoms with Crippen molar-refractivity contribution >= 4 is 85.4 Å². The molecule has 0 N–H and O–H groups in total. The standard InChI is InChI=1S/C53H34S/c1-53(2)47-21-11-9-15-36(47)37-26-24-32(28-48(37)53)52-41-19-7-5-17-39(41)51(40-18-6-8-20-42(40)52)31-23-25-35-43(27-31)33-13-3-4-14-34(33)44-29-46-38-16-10-12-22-49(38)54-50(46)30-45(35)44/h3-30H,1-2H3. The van der Waals surface area contributed by atoms with Gasteiger partial charge in [-0.1, -0.05) is 153 Å². The molecule has 0 spiro atoms. The highest BCUT2D eigenvalue weighted by atomic mass is 32.1. The van der Waals surface area contributed by atoms with E-state index >= 15 is 0 Å². The van der Waals surface area contributed by atoms with E-state index in [1.807, 2.05) is 11.3 Å². The molecule has 0 fully saturated rings. The summed E-state index contributed by atoms with van der Waals surface area (Å²) in [5, 5.41) is 15.7. The summed E-state index contributed by atoms with van der Waals surface area (Å²) in [4.78, 5) is 0. The Labute approximate surface area is 317 Å². The van der Waals surface area contributed by atoms with Crippen molar-refractivity contribution in [3.05, 3.63) is 181 Å². The van der Waals surface area contributed by atoms with Gasteiger partial charge < -0.3 is 0 Å². The van der Waals surface area contributed by atoms with E-state index in [0.717, 1.165) is 0 Å². The summed E-state index contributed by atoms with van der Waals surface area (Å²) in [5.41, 5.74) is 10.6. The number of benzene rings is 10. The number of thiophene rings is 1. The molecule has 11 aromatic rings. The average Bonchev–Trinajstić information content (AvgIpc) is 3.70. The Balaban J connectivity index is 1.13. The van der Waals surface area contributed by atoms with Gasteiger partial charge in [0.2, 0.25) is 0 Å². The Morgan fingerprint density at radius 1 is 0.315 bits per heavy atom. The van der Waals surface area contributed by atoms with E-state index in [4.69, 9.17) is 0 Å². The number of hydrogen-bond donors (Lipinski definition) is 0. The topological polar surface area (TPSA) is 0 Å².